The Kier molecular flexibility index (Phi) is 7.38. The van der Waals surface area contributed by atoms with Gasteiger partial charge in [-0.05, 0) is 50.1 Å². The van der Waals surface area contributed by atoms with Gasteiger partial charge in [0, 0.05) is 11.6 Å². The quantitative estimate of drug-likeness (QED) is 0.400. The molecule has 0 aliphatic carbocycles. The molecule has 3 N–H and O–H groups in total. The number of aromatic hydroxyl groups is 1. The number of carbonyl (C=O) groups is 2. The Morgan fingerprint density at radius 2 is 1.72 bits per heavy atom. The summed E-state index contributed by atoms with van der Waals surface area (Å²) in [6, 6.07) is 17.0. The number of anilines is 2. The number of halogens is 1. The van der Waals surface area contributed by atoms with Crippen LogP contribution in [0, 0.1) is 13.8 Å². The van der Waals surface area contributed by atoms with E-state index in [0.29, 0.717) is 17.7 Å². The smallest absolute Gasteiger partial charge is 0.265 e. The number of benzene rings is 3. The van der Waals surface area contributed by atoms with Gasteiger partial charge in [-0.25, -0.2) is 0 Å². The van der Waals surface area contributed by atoms with Crippen molar-refractivity contribution >= 4 is 34.8 Å². The van der Waals surface area contributed by atoms with Gasteiger partial charge in [0.15, 0.2) is 6.10 Å². The van der Waals surface area contributed by atoms with Crippen LogP contribution < -0.4 is 15.4 Å². The number of hydrogen-bond acceptors (Lipinski definition) is 4. The Labute approximate surface area is 192 Å². The molecule has 0 radical (unpaired) electrons. The number of nitrogens with one attached hydrogen (secondary N) is 2. The summed E-state index contributed by atoms with van der Waals surface area (Å²) in [5.41, 5.74) is 2.84. The molecule has 1 atom stereocenters. The van der Waals surface area contributed by atoms with Crippen LogP contribution in [-0.4, -0.2) is 23.0 Å². The van der Waals surface area contributed by atoms with Crippen molar-refractivity contribution in [2.24, 2.45) is 0 Å². The van der Waals surface area contributed by atoms with Crippen molar-refractivity contribution < 1.29 is 19.4 Å². The van der Waals surface area contributed by atoms with E-state index in [0.717, 1.165) is 11.1 Å². The molecule has 3 aromatic carbocycles. The highest BCUT2D eigenvalue weighted by atomic mass is 35.5. The maximum Gasteiger partial charge on any atom is 0.265 e. The Balaban J connectivity index is 1.72. The van der Waals surface area contributed by atoms with Gasteiger partial charge in [-0.15, -0.1) is 0 Å². The van der Waals surface area contributed by atoms with E-state index in [9.17, 15) is 14.7 Å². The lowest BCUT2D eigenvalue weighted by atomic mass is 10.1. The molecule has 2 amide bonds. The van der Waals surface area contributed by atoms with E-state index in [2.05, 4.69) is 10.6 Å². The number of amides is 2. The van der Waals surface area contributed by atoms with Crippen LogP contribution in [0.25, 0.3) is 0 Å². The number of rotatable bonds is 7. The zero-order valence-electron chi connectivity index (χ0n) is 18.1. The third-order valence-electron chi connectivity index (χ3n) is 4.89. The Morgan fingerprint density at radius 1 is 1.00 bits per heavy atom. The fourth-order valence-electron chi connectivity index (χ4n) is 3.16. The Morgan fingerprint density at radius 3 is 2.38 bits per heavy atom. The molecule has 0 aromatic heterocycles. The van der Waals surface area contributed by atoms with E-state index < -0.39 is 12.0 Å². The predicted octanol–water partition coefficient (Wildman–Crippen LogP) is 5.71. The second-order valence-electron chi connectivity index (χ2n) is 7.44. The first-order chi connectivity index (χ1) is 15.3. The number of aryl methyl sites for hydroxylation is 2. The second-order valence-corrected chi connectivity index (χ2v) is 7.85. The third kappa shape index (κ3) is 5.59. The van der Waals surface area contributed by atoms with E-state index in [4.69, 9.17) is 16.3 Å². The fourth-order valence-corrected chi connectivity index (χ4v) is 3.37. The molecule has 1 unspecified atom stereocenters. The summed E-state index contributed by atoms with van der Waals surface area (Å²) in [5, 5.41) is 15.8. The van der Waals surface area contributed by atoms with Gasteiger partial charge < -0.3 is 20.5 Å². The van der Waals surface area contributed by atoms with E-state index in [-0.39, 0.29) is 28.1 Å². The Hall–Kier alpha value is -3.51. The normalized spacial score (nSPS) is 11.5. The molecule has 0 heterocycles. The highest BCUT2D eigenvalue weighted by Gasteiger charge is 2.21. The molecular formula is C25H25ClN2O4. The molecule has 6 nitrogen and oxygen atoms in total. The van der Waals surface area contributed by atoms with Gasteiger partial charge in [0.25, 0.3) is 11.8 Å². The van der Waals surface area contributed by atoms with Crippen molar-refractivity contribution in [1.29, 1.82) is 0 Å². The van der Waals surface area contributed by atoms with Crippen molar-refractivity contribution in [3.63, 3.8) is 0 Å². The first-order valence-electron chi connectivity index (χ1n) is 10.2. The van der Waals surface area contributed by atoms with Gasteiger partial charge in [-0.3, -0.25) is 9.59 Å². The molecule has 0 aliphatic heterocycles. The summed E-state index contributed by atoms with van der Waals surface area (Å²) >= 11 is 6.31. The largest absolute Gasteiger partial charge is 0.506 e. The van der Waals surface area contributed by atoms with Crippen molar-refractivity contribution in [1.82, 2.24) is 0 Å². The SMILES string of the molecule is CCC(Oc1ccc(C)cc1C)C(=O)Nc1cc(O)c(NC(=O)c2ccccc2)cc1Cl. The minimum Gasteiger partial charge on any atom is -0.506 e. The zero-order chi connectivity index (χ0) is 23.3. The van der Waals surface area contributed by atoms with Gasteiger partial charge >= 0.3 is 0 Å². The number of phenols is 1. The highest BCUT2D eigenvalue weighted by molar-refractivity contribution is 6.34. The first kappa shape index (κ1) is 23.2. The number of carbonyl (C=O) groups excluding carboxylic acids is 2. The van der Waals surface area contributed by atoms with Gasteiger partial charge in [0.05, 0.1) is 16.4 Å². The lowest BCUT2D eigenvalue weighted by Crippen LogP contribution is -2.32. The van der Waals surface area contributed by atoms with Crippen LogP contribution in [0.5, 0.6) is 11.5 Å². The standard InChI is InChI=1S/C25H25ClN2O4/c1-4-22(32-23-11-10-15(2)12-16(23)3)25(31)27-19-14-21(29)20(13-18(19)26)28-24(30)17-8-6-5-7-9-17/h5-14,22,29H,4H2,1-3H3,(H,27,31)(H,28,30). The van der Waals surface area contributed by atoms with Gasteiger partial charge in [-0.1, -0.05) is 54.4 Å². The average molecular weight is 453 g/mol. The van der Waals surface area contributed by atoms with Crippen molar-refractivity contribution in [3.05, 3.63) is 82.4 Å². The topological polar surface area (TPSA) is 87.7 Å². The molecular weight excluding hydrogens is 428 g/mol. The van der Waals surface area contributed by atoms with Crippen LogP contribution >= 0.6 is 11.6 Å². The zero-order valence-corrected chi connectivity index (χ0v) is 18.9. The Bertz CT molecular complexity index is 1130. The second kappa shape index (κ2) is 10.2. The van der Waals surface area contributed by atoms with Crippen LogP contribution in [0.15, 0.2) is 60.7 Å². The summed E-state index contributed by atoms with van der Waals surface area (Å²) < 4.78 is 5.90. The minimum atomic E-state index is -0.743. The van der Waals surface area contributed by atoms with Crippen LogP contribution in [0.3, 0.4) is 0 Å². The monoisotopic (exact) mass is 452 g/mol. The first-order valence-corrected chi connectivity index (χ1v) is 10.6. The molecule has 3 aromatic rings. The number of ether oxygens (including phenoxy) is 1. The maximum absolute atomic E-state index is 12.8. The summed E-state index contributed by atoms with van der Waals surface area (Å²) in [6.07, 6.45) is -0.305. The molecule has 0 spiro atoms. The average Bonchev–Trinajstić information content (AvgIpc) is 2.77. The summed E-state index contributed by atoms with van der Waals surface area (Å²) in [4.78, 5) is 25.1. The number of phenolic OH excluding ortho intramolecular Hbond substituents is 1. The van der Waals surface area contributed by atoms with E-state index in [1.807, 2.05) is 39.0 Å². The van der Waals surface area contributed by atoms with Crippen LogP contribution in [0.1, 0.15) is 34.8 Å². The highest BCUT2D eigenvalue weighted by Crippen LogP contribution is 2.34. The number of hydrogen-bond donors (Lipinski definition) is 3. The molecule has 32 heavy (non-hydrogen) atoms. The van der Waals surface area contributed by atoms with Crippen molar-refractivity contribution in [2.75, 3.05) is 10.6 Å². The summed E-state index contributed by atoms with van der Waals surface area (Å²) in [7, 11) is 0. The van der Waals surface area contributed by atoms with Crippen LogP contribution in [-0.2, 0) is 4.79 Å². The van der Waals surface area contributed by atoms with Gasteiger partial charge in [0.2, 0.25) is 0 Å². The molecule has 0 saturated carbocycles. The molecule has 3 rings (SSSR count). The summed E-state index contributed by atoms with van der Waals surface area (Å²) in [5.74, 6) is -0.376. The summed E-state index contributed by atoms with van der Waals surface area (Å²) in [6.45, 7) is 5.75. The van der Waals surface area contributed by atoms with Crippen LogP contribution in [0.2, 0.25) is 5.02 Å². The van der Waals surface area contributed by atoms with E-state index >= 15 is 0 Å². The molecule has 0 saturated heterocycles. The van der Waals surface area contributed by atoms with E-state index in [1.54, 1.807) is 30.3 Å². The van der Waals surface area contributed by atoms with Crippen LogP contribution in [0.4, 0.5) is 11.4 Å². The van der Waals surface area contributed by atoms with Crippen molar-refractivity contribution in [3.8, 4) is 11.5 Å². The molecule has 0 bridgehead atoms. The predicted molar refractivity (Wildman–Crippen MR) is 127 cm³/mol. The van der Waals surface area contributed by atoms with E-state index in [1.165, 1.54) is 12.1 Å². The van der Waals surface area contributed by atoms with Gasteiger partial charge in [-0.2, -0.15) is 0 Å². The molecule has 166 valence electrons. The lowest BCUT2D eigenvalue weighted by molar-refractivity contribution is -0.122. The molecule has 0 fully saturated rings. The van der Waals surface area contributed by atoms with Crippen molar-refractivity contribution in [2.45, 2.75) is 33.3 Å². The minimum absolute atomic E-state index is 0.139. The third-order valence-corrected chi connectivity index (χ3v) is 5.20. The van der Waals surface area contributed by atoms with Gasteiger partial charge in [0.1, 0.15) is 11.5 Å². The maximum atomic E-state index is 12.8. The molecule has 0 aliphatic rings. The lowest BCUT2D eigenvalue weighted by Gasteiger charge is -2.19. The molecule has 7 heteroatoms. The fraction of sp³-hybridized carbons (Fsp3) is 0.200.